The summed E-state index contributed by atoms with van der Waals surface area (Å²) in [6, 6.07) is 0. The van der Waals surface area contributed by atoms with Crippen LogP contribution in [0.5, 0.6) is 0 Å². The van der Waals surface area contributed by atoms with E-state index >= 15 is 0 Å². The number of thiazole rings is 1. The molecule has 0 radical (unpaired) electrons. The van der Waals surface area contributed by atoms with Gasteiger partial charge in [0.25, 0.3) is 0 Å². The lowest BCUT2D eigenvalue weighted by Crippen LogP contribution is -1.89. The fraction of sp³-hybridized carbons (Fsp3) is 0. The molecule has 0 unspecified atom stereocenters. The molecular formula is C7H3BrFN3S. The van der Waals surface area contributed by atoms with Crippen molar-refractivity contribution in [1.29, 1.82) is 0 Å². The van der Waals surface area contributed by atoms with Crippen molar-refractivity contribution in [2.45, 2.75) is 0 Å². The van der Waals surface area contributed by atoms with E-state index in [0.29, 0.717) is 11.5 Å². The van der Waals surface area contributed by atoms with Gasteiger partial charge in [-0.2, -0.15) is 0 Å². The quantitative estimate of drug-likeness (QED) is 0.790. The zero-order valence-corrected chi connectivity index (χ0v) is 8.64. The Hall–Kier alpha value is -0.880. The van der Waals surface area contributed by atoms with Crippen molar-refractivity contribution in [1.82, 2.24) is 15.0 Å². The van der Waals surface area contributed by atoms with Crippen LogP contribution >= 0.6 is 27.3 Å². The highest BCUT2D eigenvalue weighted by molar-refractivity contribution is 9.11. The number of halogens is 2. The van der Waals surface area contributed by atoms with Crippen LogP contribution in [0, 0.1) is 5.82 Å². The Labute approximate surface area is 85.8 Å². The van der Waals surface area contributed by atoms with Crippen LogP contribution in [0.1, 0.15) is 0 Å². The van der Waals surface area contributed by atoms with Crippen LogP contribution in [0.15, 0.2) is 21.7 Å². The molecule has 0 aliphatic heterocycles. The summed E-state index contributed by atoms with van der Waals surface area (Å²) in [6.45, 7) is 0. The van der Waals surface area contributed by atoms with Crippen LogP contribution in [-0.2, 0) is 0 Å². The molecule has 3 nitrogen and oxygen atoms in total. The summed E-state index contributed by atoms with van der Waals surface area (Å²) < 4.78 is 13.2. The van der Waals surface area contributed by atoms with E-state index in [1.165, 1.54) is 11.3 Å². The molecule has 0 aromatic carbocycles. The topological polar surface area (TPSA) is 38.7 Å². The van der Waals surface area contributed by atoms with E-state index < -0.39 is 5.82 Å². The van der Waals surface area contributed by atoms with E-state index in [1.54, 1.807) is 5.38 Å². The maximum Gasteiger partial charge on any atom is 0.179 e. The number of hydrogen-bond donors (Lipinski definition) is 0. The van der Waals surface area contributed by atoms with E-state index in [-0.39, 0.29) is 0 Å². The van der Waals surface area contributed by atoms with Crippen LogP contribution in [-0.4, -0.2) is 15.0 Å². The summed E-state index contributed by atoms with van der Waals surface area (Å²) in [5.41, 5.74) is 0.650. The van der Waals surface area contributed by atoms with Gasteiger partial charge in [0, 0.05) is 5.38 Å². The maximum atomic E-state index is 12.5. The lowest BCUT2D eigenvalue weighted by atomic mass is 10.4. The van der Waals surface area contributed by atoms with Gasteiger partial charge in [0.1, 0.15) is 5.69 Å². The Morgan fingerprint density at radius 2 is 2.00 bits per heavy atom. The predicted molar refractivity (Wildman–Crippen MR) is 50.8 cm³/mol. The Kier molecular flexibility index (Phi) is 2.32. The van der Waals surface area contributed by atoms with Gasteiger partial charge in [0.05, 0.1) is 12.4 Å². The molecule has 2 rings (SSSR count). The van der Waals surface area contributed by atoms with Crippen molar-refractivity contribution in [3.63, 3.8) is 0 Å². The zero-order valence-electron chi connectivity index (χ0n) is 6.24. The zero-order chi connectivity index (χ0) is 9.26. The Morgan fingerprint density at radius 1 is 1.31 bits per heavy atom. The number of hydrogen-bond acceptors (Lipinski definition) is 4. The molecule has 13 heavy (non-hydrogen) atoms. The third-order valence-electron chi connectivity index (χ3n) is 1.33. The first-order chi connectivity index (χ1) is 6.25. The van der Waals surface area contributed by atoms with Crippen molar-refractivity contribution < 1.29 is 4.39 Å². The number of nitrogens with zero attached hydrogens (tertiary/aromatic N) is 3. The monoisotopic (exact) mass is 259 g/mol. The van der Waals surface area contributed by atoms with E-state index in [2.05, 4.69) is 30.9 Å². The third kappa shape index (κ3) is 1.89. The molecule has 2 heterocycles. The summed E-state index contributed by atoms with van der Waals surface area (Å²) in [5, 5.41) is 1.80. The molecule has 0 aliphatic rings. The SMILES string of the molecule is Fc1cnc(-c2csc(Br)n2)nc1. The second kappa shape index (κ2) is 3.47. The Balaban J connectivity index is 2.41. The molecule has 0 amide bonds. The fourth-order valence-corrected chi connectivity index (χ4v) is 1.79. The van der Waals surface area contributed by atoms with Crippen LogP contribution in [0.4, 0.5) is 4.39 Å². The van der Waals surface area contributed by atoms with Gasteiger partial charge >= 0.3 is 0 Å². The normalized spacial score (nSPS) is 10.3. The van der Waals surface area contributed by atoms with E-state index in [0.717, 1.165) is 16.3 Å². The van der Waals surface area contributed by atoms with Crippen molar-refractivity contribution in [2.75, 3.05) is 0 Å². The molecule has 0 atom stereocenters. The van der Waals surface area contributed by atoms with Gasteiger partial charge in [-0.25, -0.2) is 19.3 Å². The molecule has 0 spiro atoms. The average Bonchev–Trinajstić information content (AvgIpc) is 2.53. The summed E-state index contributed by atoms with van der Waals surface area (Å²) >= 11 is 4.66. The summed E-state index contributed by atoms with van der Waals surface area (Å²) in [7, 11) is 0. The first-order valence-electron chi connectivity index (χ1n) is 3.34. The lowest BCUT2D eigenvalue weighted by Gasteiger charge is -1.92. The van der Waals surface area contributed by atoms with E-state index in [9.17, 15) is 4.39 Å². The first-order valence-corrected chi connectivity index (χ1v) is 5.02. The second-order valence-corrected chi connectivity index (χ2v) is 4.34. The minimum Gasteiger partial charge on any atom is -0.232 e. The van der Waals surface area contributed by atoms with Crippen LogP contribution in [0.25, 0.3) is 11.5 Å². The van der Waals surface area contributed by atoms with Crippen molar-refractivity contribution >= 4 is 27.3 Å². The highest BCUT2D eigenvalue weighted by Gasteiger charge is 2.04. The average molecular weight is 260 g/mol. The highest BCUT2D eigenvalue weighted by Crippen LogP contribution is 2.21. The molecule has 0 saturated heterocycles. The lowest BCUT2D eigenvalue weighted by molar-refractivity contribution is 0.614. The van der Waals surface area contributed by atoms with Crippen LogP contribution < -0.4 is 0 Å². The number of rotatable bonds is 1. The molecular weight excluding hydrogens is 257 g/mol. The molecule has 0 fully saturated rings. The predicted octanol–water partition coefficient (Wildman–Crippen LogP) is 2.50. The van der Waals surface area contributed by atoms with Crippen LogP contribution in [0.3, 0.4) is 0 Å². The third-order valence-corrected chi connectivity index (χ3v) is 2.69. The van der Waals surface area contributed by atoms with Gasteiger partial charge < -0.3 is 0 Å². The summed E-state index contributed by atoms with van der Waals surface area (Å²) in [6.07, 6.45) is 2.24. The van der Waals surface area contributed by atoms with Gasteiger partial charge in [-0.15, -0.1) is 11.3 Å². The van der Waals surface area contributed by atoms with Crippen LogP contribution in [0.2, 0.25) is 0 Å². The van der Waals surface area contributed by atoms with Gasteiger partial charge in [0.15, 0.2) is 15.6 Å². The van der Waals surface area contributed by atoms with Gasteiger partial charge in [0.2, 0.25) is 0 Å². The summed E-state index contributed by atoms with van der Waals surface area (Å²) in [5.74, 6) is -0.0126. The van der Waals surface area contributed by atoms with Gasteiger partial charge in [-0.1, -0.05) is 0 Å². The van der Waals surface area contributed by atoms with Crippen molar-refractivity contribution in [3.05, 3.63) is 27.5 Å². The van der Waals surface area contributed by atoms with Gasteiger partial charge in [-0.3, -0.25) is 0 Å². The molecule has 66 valence electrons. The van der Waals surface area contributed by atoms with Gasteiger partial charge in [-0.05, 0) is 15.9 Å². The van der Waals surface area contributed by atoms with E-state index in [1.807, 2.05) is 0 Å². The minimum absolute atomic E-state index is 0.434. The smallest absolute Gasteiger partial charge is 0.179 e. The Bertz CT molecular complexity index is 414. The Morgan fingerprint density at radius 3 is 2.54 bits per heavy atom. The van der Waals surface area contributed by atoms with Crippen molar-refractivity contribution in [3.8, 4) is 11.5 Å². The van der Waals surface area contributed by atoms with E-state index in [4.69, 9.17) is 0 Å². The highest BCUT2D eigenvalue weighted by atomic mass is 79.9. The molecule has 0 saturated carbocycles. The fourth-order valence-electron chi connectivity index (χ4n) is 0.799. The largest absolute Gasteiger partial charge is 0.232 e. The molecule has 2 aromatic rings. The first kappa shape index (κ1) is 8.71. The molecule has 2 aromatic heterocycles. The minimum atomic E-state index is -0.446. The standard InChI is InChI=1S/C7H3BrFN3S/c8-7-12-5(3-13-7)6-10-1-4(9)2-11-6/h1-3H. The molecule has 0 bridgehead atoms. The summed E-state index contributed by atoms with van der Waals surface area (Å²) in [4.78, 5) is 11.7. The molecule has 0 N–H and O–H groups in total. The molecule has 0 aliphatic carbocycles. The van der Waals surface area contributed by atoms with Crippen molar-refractivity contribution in [2.24, 2.45) is 0 Å². The number of aromatic nitrogens is 3. The maximum absolute atomic E-state index is 12.5. The molecule has 6 heteroatoms. The second-order valence-electron chi connectivity index (χ2n) is 2.21.